The Morgan fingerprint density at radius 3 is 2.43 bits per heavy atom. The number of allylic oxidation sites excluding steroid dienone is 1. The van der Waals surface area contributed by atoms with Crippen molar-refractivity contribution in [2.75, 3.05) is 6.61 Å². The van der Waals surface area contributed by atoms with E-state index in [0.717, 1.165) is 28.0 Å². The Labute approximate surface area is 165 Å². The lowest BCUT2D eigenvalue weighted by Gasteiger charge is -2.10. The lowest BCUT2D eigenvalue weighted by Crippen LogP contribution is -2.02. The molecule has 0 saturated carbocycles. The van der Waals surface area contributed by atoms with Crippen LogP contribution >= 0.6 is 0 Å². The van der Waals surface area contributed by atoms with Gasteiger partial charge in [0.1, 0.15) is 12.4 Å². The molecule has 0 radical (unpaired) electrons. The highest BCUT2D eigenvalue weighted by Crippen LogP contribution is 2.21. The molecule has 4 heteroatoms. The number of pyridine rings is 1. The molecular weight excluding hydrogens is 350 g/mol. The number of carbonyl (C=O) groups excluding carboxylic acids is 1. The highest BCUT2D eigenvalue weighted by molar-refractivity contribution is 5.91. The van der Waals surface area contributed by atoms with Crippen LogP contribution in [0.15, 0.2) is 85.2 Å². The van der Waals surface area contributed by atoms with Crippen LogP contribution in [0.5, 0.6) is 5.75 Å². The number of hydrogen-bond acceptors (Lipinski definition) is 4. The summed E-state index contributed by atoms with van der Waals surface area (Å²) in [4.78, 5) is 16.1. The zero-order chi connectivity index (χ0) is 19.6. The van der Waals surface area contributed by atoms with E-state index in [1.54, 1.807) is 25.4 Å². The number of carbonyl (C=O) groups is 1. The van der Waals surface area contributed by atoms with Crippen molar-refractivity contribution in [3.63, 3.8) is 0 Å². The minimum absolute atomic E-state index is 0.343. The fraction of sp³-hybridized carbons (Fsp3) is 0.167. The molecule has 0 aliphatic heterocycles. The van der Waals surface area contributed by atoms with E-state index >= 15 is 0 Å². The van der Waals surface area contributed by atoms with Crippen LogP contribution < -0.4 is 4.74 Å². The minimum atomic E-state index is -0.343. The van der Waals surface area contributed by atoms with Gasteiger partial charge in [0.25, 0.3) is 0 Å². The summed E-state index contributed by atoms with van der Waals surface area (Å²) >= 11 is 0. The third-order valence-electron chi connectivity index (χ3n) is 4.18. The van der Waals surface area contributed by atoms with Gasteiger partial charge in [0.05, 0.1) is 6.61 Å². The SMILES string of the molecule is CCOC(=O)C=C(Cc1ccc(OCc2ccccc2)cc1)c1cccnc1. The number of aromatic nitrogens is 1. The van der Waals surface area contributed by atoms with E-state index in [1.807, 2.05) is 66.7 Å². The number of ether oxygens (including phenoxy) is 2. The minimum Gasteiger partial charge on any atom is -0.489 e. The van der Waals surface area contributed by atoms with Gasteiger partial charge in [0.15, 0.2) is 0 Å². The fourth-order valence-corrected chi connectivity index (χ4v) is 2.78. The van der Waals surface area contributed by atoms with Gasteiger partial charge in [-0.15, -0.1) is 0 Å². The van der Waals surface area contributed by atoms with Crippen molar-refractivity contribution in [3.05, 3.63) is 102 Å². The Hall–Kier alpha value is -3.40. The van der Waals surface area contributed by atoms with Crippen molar-refractivity contribution < 1.29 is 14.3 Å². The van der Waals surface area contributed by atoms with E-state index in [2.05, 4.69) is 4.98 Å². The van der Waals surface area contributed by atoms with Crippen LogP contribution in [-0.4, -0.2) is 17.6 Å². The molecule has 0 unspecified atom stereocenters. The predicted octanol–water partition coefficient (Wildman–Crippen LogP) is 4.85. The van der Waals surface area contributed by atoms with E-state index in [9.17, 15) is 4.79 Å². The van der Waals surface area contributed by atoms with Crippen molar-refractivity contribution in [2.45, 2.75) is 20.0 Å². The van der Waals surface area contributed by atoms with Crippen LogP contribution in [0, 0.1) is 0 Å². The molecule has 2 aromatic carbocycles. The summed E-state index contributed by atoms with van der Waals surface area (Å²) in [5.41, 5.74) is 3.97. The molecule has 0 spiro atoms. The lowest BCUT2D eigenvalue weighted by molar-refractivity contribution is -0.137. The average Bonchev–Trinajstić information content (AvgIpc) is 2.74. The Kier molecular flexibility index (Phi) is 6.96. The summed E-state index contributed by atoms with van der Waals surface area (Å²) in [6.07, 6.45) is 5.61. The molecule has 4 nitrogen and oxygen atoms in total. The maximum atomic E-state index is 12.0. The second-order valence-corrected chi connectivity index (χ2v) is 6.26. The van der Waals surface area contributed by atoms with Gasteiger partial charge < -0.3 is 9.47 Å². The highest BCUT2D eigenvalue weighted by atomic mass is 16.5. The molecule has 3 rings (SSSR count). The molecular formula is C24H23NO3. The average molecular weight is 373 g/mol. The normalized spacial score (nSPS) is 11.1. The Balaban J connectivity index is 1.69. The Morgan fingerprint density at radius 2 is 1.75 bits per heavy atom. The van der Waals surface area contributed by atoms with E-state index < -0.39 is 0 Å². The predicted molar refractivity (Wildman–Crippen MR) is 110 cm³/mol. The smallest absolute Gasteiger partial charge is 0.331 e. The first-order valence-corrected chi connectivity index (χ1v) is 9.28. The highest BCUT2D eigenvalue weighted by Gasteiger charge is 2.08. The van der Waals surface area contributed by atoms with Crippen LogP contribution in [0.2, 0.25) is 0 Å². The van der Waals surface area contributed by atoms with E-state index in [4.69, 9.17) is 9.47 Å². The molecule has 1 heterocycles. The molecule has 0 aliphatic rings. The molecule has 0 atom stereocenters. The molecule has 0 amide bonds. The second-order valence-electron chi connectivity index (χ2n) is 6.26. The quantitative estimate of drug-likeness (QED) is 0.418. The molecule has 0 N–H and O–H groups in total. The molecule has 28 heavy (non-hydrogen) atoms. The first kappa shape index (κ1) is 19.4. The van der Waals surface area contributed by atoms with Crippen LogP contribution in [0.25, 0.3) is 5.57 Å². The number of benzene rings is 2. The monoisotopic (exact) mass is 373 g/mol. The van der Waals surface area contributed by atoms with Crippen molar-refractivity contribution in [1.29, 1.82) is 0 Å². The molecule has 0 fully saturated rings. The van der Waals surface area contributed by atoms with Gasteiger partial charge >= 0.3 is 5.97 Å². The number of hydrogen-bond donors (Lipinski definition) is 0. The standard InChI is InChI=1S/C24H23NO3/c1-2-27-24(26)16-22(21-9-6-14-25-17-21)15-19-10-12-23(13-11-19)28-18-20-7-4-3-5-8-20/h3-14,16-17H,2,15,18H2,1H3. The van der Waals surface area contributed by atoms with Crippen LogP contribution in [0.4, 0.5) is 0 Å². The van der Waals surface area contributed by atoms with Crippen LogP contribution in [-0.2, 0) is 22.6 Å². The molecule has 0 bridgehead atoms. The van der Waals surface area contributed by atoms with Crippen molar-refractivity contribution in [1.82, 2.24) is 4.98 Å². The van der Waals surface area contributed by atoms with E-state index in [-0.39, 0.29) is 5.97 Å². The lowest BCUT2D eigenvalue weighted by atomic mass is 9.99. The van der Waals surface area contributed by atoms with Gasteiger partial charge in [-0.2, -0.15) is 0 Å². The number of esters is 1. The van der Waals surface area contributed by atoms with Crippen molar-refractivity contribution in [3.8, 4) is 5.75 Å². The maximum absolute atomic E-state index is 12.0. The Bertz CT molecular complexity index is 904. The van der Waals surface area contributed by atoms with Crippen LogP contribution in [0.3, 0.4) is 0 Å². The number of nitrogens with zero attached hydrogens (tertiary/aromatic N) is 1. The topological polar surface area (TPSA) is 48.4 Å². The maximum Gasteiger partial charge on any atom is 0.331 e. The number of rotatable bonds is 8. The molecule has 3 aromatic rings. The van der Waals surface area contributed by atoms with Gasteiger partial charge in [-0.25, -0.2) is 4.79 Å². The summed E-state index contributed by atoms with van der Waals surface area (Å²) < 4.78 is 10.9. The first-order valence-electron chi connectivity index (χ1n) is 9.28. The third-order valence-corrected chi connectivity index (χ3v) is 4.18. The van der Waals surface area contributed by atoms with Crippen molar-refractivity contribution >= 4 is 11.5 Å². The molecule has 1 aromatic heterocycles. The molecule has 0 saturated heterocycles. The zero-order valence-electron chi connectivity index (χ0n) is 15.9. The van der Waals surface area contributed by atoms with E-state index in [1.165, 1.54) is 0 Å². The largest absolute Gasteiger partial charge is 0.489 e. The van der Waals surface area contributed by atoms with Gasteiger partial charge in [-0.1, -0.05) is 48.5 Å². The van der Waals surface area contributed by atoms with E-state index in [0.29, 0.717) is 19.6 Å². The van der Waals surface area contributed by atoms with Gasteiger partial charge in [0.2, 0.25) is 0 Å². The molecule has 142 valence electrons. The summed E-state index contributed by atoms with van der Waals surface area (Å²) in [6.45, 7) is 2.68. The van der Waals surface area contributed by atoms with Gasteiger partial charge in [-0.3, -0.25) is 4.98 Å². The zero-order valence-corrected chi connectivity index (χ0v) is 15.9. The van der Waals surface area contributed by atoms with Crippen molar-refractivity contribution in [2.24, 2.45) is 0 Å². The van der Waals surface area contributed by atoms with Gasteiger partial charge in [0, 0.05) is 18.5 Å². The summed E-state index contributed by atoms with van der Waals surface area (Å²) in [5.74, 6) is 0.467. The Morgan fingerprint density at radius 1 is 0.964 bits per heavy atom. The summed E-state index contributed by atoms with van der Waals surface area (Å²) in [6, 6.07) is 21.8. The third kappa shape index (κ3) is 5.81. The van der Waals surface area contributed by atoms with Crippen LogP contribution in [0.1, 0.15) is 23.6 Å². The van der Waals surface area contributed by atoms with Gasteiger partial charge in [-0.05, 0) is 53.8 Å². The first-order chi connectivity index (χ1) is 13.7. The fourth-order valence-electron chi connectivity index (χ4n) is 2.78. The summed E-state index contributed by atoms with van der Waals surface area (Å²) in [5, 5.41) is 0. The summed E-state index contributed by atoms with van der Waals surface area (Å²) in [7, 11) is 0. The second kappa shape index (κ2) is 10.1. The molecule has 0 aliphatic carbocycles.